The highest BCUT2D eigenvalue weighted by Crippen LogP contribution is 2.41. The Labute approximate surface area is 152 Å². The van der Waals surface area contributed by atoms with Crippen LogP contribution < -0.4 is 0 Å². The maximum absolute atomic E-state index is 13.0. The van der Waals surface area contributed by atoms with Crippen molar-refractivity contribution in [2.45, 2.75) is 25.9 Å². The van der Waals surface area contributed by atoms with Gasteiger partial charge in [0.15, 0.2) is 0 Å². The summed E-state index contributed by atoms with van der Waals surface area (Å²) >= 11 is 5.90. The second-order valence-corrected chi connectivity index (χ2v) is 7.46. The van der Waals surface area contributed by atoms with Crippen LogP contribution in [0.4, 0.5) is 0 Å². The van der Waals surface area contributed by atoms with Crippen LogP contribution >= 0.6 is 11.6 Å². The number of nitrogens with zero attached hydrogens (tertiary/aromatic N) is 5. The Morgan fingerprint density at radius 1 is 1.20 bits per heavy atom. The molecule has 0 aromatic carbocycles. The van der Waals surface area contributed by atoms with Gasteiger partial charge in [-0.1, -0.05) is 17.7 Å². The molecule has 0 N–H and O–H groups in total. The van der Waals surface area contributed by atoms with E-state index in [0.717, 1.165) is 51.3 Å². The molecule has 0 bridgehead atoms. The summed E-state index contributed by atoms with van der Waals surface area (Å²) < 4.78 is 1.86. The first kappa shape index (κ1) is 16.5. The summed E-state index contributed by atoms with van der Waals surface area (Å²) in [7, 11) is 0. The van der Waals surface area contributed by atoms with Gasteiger partial charge in [-0.25, -0.2) is 0 Å². The molecule has 2 saturated heterocycles. The second kappa shape index (κ2) is 6.77. The van der Waals surface area contributed by atoms with Crippen LogP contribution in [-0.4, -0.2) is 56.7 Å². The molecule has 2 fully saturated rings. The summed E-state index contributed by atoms with van der Waals surface area (Å²) in [6.07, 6.45) is 7.17. The van der Waals surface area contributed by atoms with Gasteiger partial charge in [-0.15, -0.1) is 0 Å². The van der Waals surface area contributed by atoms with E-state index in [4.69, 9.17) is 11.6 Å². The number of carbonyl (C=O) groups is 1. The number of carbonyl (C=O) groups excluding carboxylic acids is 1. The average Bonchev–Trinajstić information content (AvgIpc) is 3.31. The number of hydrogen-bond acceptors (Lipinski definition) is 4. The molecule has 132 valence electrons. The Balaban J connectivity index is 1.34. The molecule has 4 heterocycles. The summed E-state index contributed by atoms with van der Waals surface area (Å²) in [5, 5.41) is 4.88. The molecule has 2 aliphatic heterocycles. The van der Waals surface area contributed by atoms with Gasteiger partial charge in [0.25, 0.3) is 0 Å². The third kappa shape index (κ3) is 3.41. The quantitative estimate of drug-likeness (QED) is 0.820. The summed E-state index contributed by atoms with van der Waals surface area (Å²) in [4.78, 5) is 21.7. The number of halogens is 1. The van der Waals surface area contributed by atoms with E-state index in [1.54, 1.807) is 12.4 Å². The molecule has 7 heteroatoms. The lowest BCUT2D eigenvalue weighted by atomic mass is 9.85. The van der Waals surface area contributed by atoms with Gasteiger partial charge < -0.3 is 9.80 Å². The van der Waals surface area contributed by atoms with Crippen molar-refractivity contribution in [1.29, 1.82) is 0 Å². The maximum Gasteiger partial charge on any atom is 0.230 e. The van der Waals surface area contributed by atoms with Crippen molar-refractivity contribution >= 4 is 17.5 Å². The molecule has 2 aliphatic rings. The fraction of sp³-hybridized carbons (Fsp3) is 0.500. The number of likely N-dealkylation sites (tertiary alicyclic amines) is 2. The molecule has 0 radical (unpaired) electrons. The van der Waals surface area contributed by atoms with Gasteiger partial charge in [-0.05, 0) is 31.5 Å². The zero-order valence-corrected chi connectivity index (χ0v) is 14.9. The molecule has 2 aromatic rings. The van der Waals surface area contributed by atoms with E-state index in [9.17, 15) is 4.79 Å². The Morgan fingerprint density at radius 3 is 2.84 bits per heavy atom. The van der Waals surface area contributed by atoms with Crippen LogP contribution in [0.3, 0.4) is 0 Å². The minimum absolute atomic E-state index is 0.198. The van der Waals surface area contributed by atoms with Gasteiger partial charge in [0, 0.05) is 32.0 Å². The van der Waals surface area contributed by atoms with E-state index in [1.165, 1.54) is 0 Å². The van der Waals surface area contributed by atoms with E-state index in [0.29, 0.717) is 17.5 Å². The number of pyridine rings is 1. The molecule has 2 aromatic heterocycles. The molecule has 1 amide bonds. The second-order valence-electron chi connectivity index (χ2n) is 7.03. The van der Waals surface area contributed by atoms with Crippen molar-refractivity contribution < 1.29 is 4.79 Å². The maximum atomic E-state index is 13.0. The number of amides is 1. The SMILES string of the molecule is O=C1N(Cc2ccccn2)CCC12CCN(CCn1cc(Cl)cn1)C2. The minimum Gasteiger partial charge on any atom is -0.336 e. The van der Waals surface area contributed by atoms with Crippen LogP contribution in [0.2, 0.25) is 5.02 Å². The summed E-state index contributed by atoms with van der Waals surface area (Å²) in [6.45, 7) is 4.96. The number of aromatic nitrogens is 3. The zero-order valence-electron chi connectivity index (χ0n) is 14.1. The zero-order chi connectivity index (χ0) is 17.3. The lowest BCUT2D eigenvalue weighted by Crippen LogP contribution is -2.37. The summed E-state index contributed by atoms with van der Waals surface area (Å²) in [6, 6.07) is 5.85. The van der Waals surface area contributed by atoms with Gasteiger partial charge in [0.2, 0.25) is 5.91 Å². The van der Waals surface area contributed by atoms with E-state index in [2.05, 4.69) is 15.0 Å². The van der Waals surface area contributed by atoms with Crippen LogP contribution in [0.25, 0.3) is 0 Å². The van der Waals surface area contributed by atoms with Gasteiger partial charge in [0.05, 0.1) is 35.4 Å². The van der Waals surface area contributed by atoms with Crippen molar-refractivity contribution in [3.63, 3.8) is 0 Å². The first-order chi connectivity index (χ1) is 12.1. The highest BCUT2D eigenvalue weighted by molar-refractivity contribution is 6.30. The Bertz CT molecular complexity index is 749. The summed E-state index contributed by atoms with van der Waals surface area (Å²) in [5.41, 5.74) is 0.759. The van der Waals surface area contributed by atoms with Gasteiger partial charge in [-0.2, -0.15) is 5.10 Å². The molecule has 4 rings (SSSR count). The van der Waals surface area contributed by atoms with Crippen LogP contribution in [0.1, 0.15) is 18.5 Å². The van der Waals surface area contributed by atoms with Gasteiger partial charge in [0.1, 0.15) is 0 Å². The molecule has 0 saturated carbocycles. The molecule has 1 spiro atoms. The monoisotopic (exact) mass is 359 g/mol. The number of hydrogen-bond donors (Lipinski definition) is 0. The van der Waals surface area contributed by atoms with Gasteiger partial charge >= 0.3 is 0 Å². The van der Waals surface area contributed by atoms with Crippen LogP contribution in [0.15, 0.2) is 36.8 Å². The van der Waals surface area contributed by atoms with E-state index >= 15 is 0 Å². The van der Waals surface area contributed by atoms with Crippen molar-refractivity contribution in [2.24, 2.45) is 5.41 Å². The number of rotatable bonds is 5. The Kier molecular flexibility index (Phi) is 4.48. The average molecular weight is 360 g/mol. The fourth-order valence-electron chi connectivity index (χ4n) is 3.96. The molecular weight excluding hydrogens is 338 g/mol. The van der Waals surface area contributed by atoms with Crippen LogP contribution in [0, 0.1) is 5.41 Å². The normalized spacial score (nSPS) is 23.9. The molecule has 6 nitrogen and oxygen atoms in total. The fourth-order valence-corrected chi connectivity index (χ4v) is 4.12. The molecule has 25 heavy (non-hydrogen) atoms. The van der Waals surface area contributed by atoms with E-state index in [1.807, 2.05) is 34.0 Å². The Hall–Kier alpha value is -1.92. The van der Waals surface area contributed by atoms with E-state index < -0.39 is 0 Å². The molecule has 1 atom stereocenters. The molecule has 0 aliphatic carbocycles. The third-order valence-electron chi connectivity index (χ3n) is 5.36. The molecular formula is C18H22ClN5O. The predicted molar refractivity (Wildman–Crippen MR) is 95.0 cm³/mol. The smallest absolute Gasteiger partial charge is 0.230 e. The first-order valence-corrected chi connectivity index (χ1v) is 9.12. The van der Waals surface area contributed by atoms with Crippen LogP contribution in [-0.2, 0) is 17.9 Å². The van der Waals surface area contributed by atoms with Gasteiger partial charge in [-0.3, -0.25) is 14.5 Å². The minimum atomic E-state index is -0.198. The standard InChI is InChI=1S/C18H22ClN5O/c19-15-11-21-24(12-15)10-9-22-7-4-18(14-22)5-8-23(17(18)25)13-16-3-1-2-6-20-16/h1-3,6,11-12H,4-5,7-10,13-14H2. The third-order valence-corrected chi connectivity index (χ3v) is 5.56. The van der Waals surface area contributed by atoms with Crippen molar-refractivity contribution in [3.05, 3.63) is 47.5 Å². The van der Waals surface area contributed by atoms with Crippen LogP contribution in [0.5, 0.6) is 0 Å². The lowest BCUT2D eigenvalue weighted by molar-refractivity contribution is -0.136. The predicted octanol–water partition coefficient (Wildman–Crippen LogP) is 2.06. The highest BCUT2D eigenvalue weighted by atomic mass is 35.5. The summed E-state index contributed by atoms with van der Waals surface area (Å²) in [5.74, 6) is 0.294. The topological polar surface area (TPSA) is 54.3 Å². The highest BCUT2D eigenvalue weighted by Gasteiger charge is 2.50. The molecule has 1 unspecified atom stereocenters. The van der Waals surface area contributed by atoms with Crippen molar-refractivity contribution in [3.8, 4) is 0 Å². The first-order valence-electron chi connectivity index (χ1n) is 8.74. The lowest BCUT2D eigenvalue weighted by Gasteiger charge is -2.23. The van der Waals surface area contributed by atoms with Crippen molar-refractivity contribution in [2.75, 3.05) is 26.2 Å². The largest absolute Gasteiger partial charge is 0.336 e. The van der Waals surface area contributed by atoms with Crippen molar-refractivity contribution in [1.82, 2.24) is 24.6 Å². The Morgan fingerprint density at radius 2 is 2.08 bits per heavy atom. The van der Waals surface area contributed by atoms with E-state index in [-0.39, 0.29) is 5.41 Å².